The Morgan fingerprint density at radius 3 is 2.47 bits per heavy atom. The fraction of sp³-hybridized carbons (Fsp3) is 0.118. The van der Waals surface area contributed by atoms with Gasteiger partial charge in [-0.3, -0.25) is 4.79 Å². The lowest BCUT2D eigenvalue weighted by atomic mass is 10.0. The highest BCUT2D eigenvalue weighted by Gasteiger charge is 2.15. The number of hydrogen-bond acceptors (Lipinski definition) is 1. The van der Waals surface area contributed by atoms with Gasteiger partial charge in [-0.2, -0.15) is 0 Å². The number of benzene rings is 2. The fourth-order valence-corrected chi connectivity index (χ4v) is 2.51. The Morgan fingerprint density at radius 2 is 1.68 bits per heavy atom. The summed E-state index contributed by atoms with van der Waals surface area (Å²) in [5.41, 5.74) is 3.84. The van der Waals surface area contributed by atoms with E-state index in [9.17, 15) is 4.79 Å². The summed E-state index contributed by atoms with van der Waals surface area (Å²) in [6.45, 7) is 1.96. The van der Waals surface area contributed by atoms with Gasteiger partial charge in [0.25, 0.3) is 0 Å². The summed E-state index contributed by atoms with van der Waals surface area (Å²) in [5.74, 6) is 0.168. The first-order valence-electron chi connectivity index (χ1n) is 6.40. The van der Waals surface area contributed by atoms with Gasteiger partial charge in [0.05, 0.1) is 0 Å². The number of hydrogen-bond donors (Lipinski definition) is 1. The molecule has 1 N–H and O–H groups in total. The predicted octanol–water partition coefficient (Wildman–Crippen LogP) is 3.90. The van der Waals surface area contributed by atoms with Crippen LogP contribution in [0.15, 0.2) is 54.6 Å². The Kier molecular flexibility index (Phi) is 2.92. The Morgan fingerprint density at radius 1 is 1.00 bits per heavy atom. The van der Waals surface area contributed by atoms with Crippen LogP contribution >= 0.6 is 0 Å². The second-order valence-corrected chi connectivity index (χ2v) is 4.76. The summed E-state index contributed by atoms with van der Waals surface area (Å²) >= 11 is 0. The highest BCUT2D eigenvalue weighted by Crippen LogP contribution is 2.23. The Hall–Kier alpha value is -2.35. The van der Waals surface area contributed by atoms with Crippen molar-refractivity contribution >= 4 is 16.7 Å². The van der Waals surface area contributed by atoms with Gasteiger partial charge in [0.1, 0.15) is 0 Å². The largest absolute Gasteiger partial charge is 0.358 e. The number of aryl methyl sites for hydroxylation is 1. The Bertz CT molecular complexity index is 725. The van der Waals surface area contributed by atoms with E-state index in [1.54, 1.807) is 0 Å². The maximum Gasteiger partial charge on any atom is 0.169 e. The Balaban J connectivity index is 2.00. The number of H-pyrrole nitrogens is 1. The van der Waals surface area contributed by atoms with Crippen LogP contribution in [0.1, 0.15) is 21.6 Å². The summed E-state index contributed by atoms with van der Waals surface area (Å²) in [4.78, 5) is 15.8. The highest BCUT2D eigenvalue weighted by molar-refractivity contribution is 6.09. The maximum atomic E-state index is 12.5. The van der Waals surface area contributed by atoms with Crippen LogP contribution in [0.5, 0.6) is 0 Å². The molecular formula is C17H15NO. The quantitative estimate of drug-likeness (QED) is 0.701. The highest BCUT2D eigenvalue weighted by atomic mass is 16.1. The summed E-state index contributed by atoms with van der Waals surface area (Å²) in [6, 6.07) is 17.8. The molecule has 94 valence electrons. The third-order valence-electron chi connectivity index (χ3n) is 3.38. The van der Waals surface area contributed by atoms with Crippen LogP contribution in [-0.2, 0) is 6.42 Å². The van der Waals surface area contributed by atoms with E-state index in [-0.39, 0.29) is 5.78 Å². The van der Waals surface area contributed by atoms with Gasteiger partial charge in [0, 0.05) is 28.6 Å². The molecule has 3 rings (SSSR count). The lowest BCUT2D eigenvalue weighted by Crippen LogP contribution is -2.04. The van der Waals surface area contributed by atoms with E-state index in [0.29, 0.717) is 6.42 Å². The second kappa shape index (κ2) is 4.73. The molecule has 0 atom stereocenters. The normalized spacial score (nSPS) is 10.8. The number of aromatic nitrogens is 1. The number of Topliss-reactive ketones (excluding diaryl/α,β-unsaturated/α-hetero) is 1. The molecule has 0 aliphatic heterocycles. The molecular weight excluding hydrogens is 234 g/mol. The molecule has 0 amide bonds. The van der Waals surface area contributed by atoms with Crippen molar-refractivity contribution < 1.29 is 4.79 Å². The molecule has 1 aromatic heterocycles. The molecule has 19 heavy (non-hydrogen) atoms. The van der Waals surface area contributed by atoms with E-state index >= 15 is 0 Å². The SMILES string of the molecule is Cc1[nH]c2ccccc2c1C(=O)Cc1ccccc1. The molecule has 0 aliphatic rings. The molecule has 3 aromatic rings. The van der Waals surface area contributed by atoms with Crippen molar-refractivity contribution in [2.45, 2.75) is 13.3 Å². The van der Waals surface area contributed by atoms with Gasteiger partial charge in [0.2, 0.25) is 0 Å². The smallest absolute Gasteiger partial charge is 0.169 e. The third kappa shape index (κ3) is 2.17. The number of nitrogens with one attached hydrogen (secondary N) is 1. The number of fused-ring (bicyclic) bond motifs is 1. The zero-order valence-corrected chi connectivity index (χ0v) is 10.8. The Labute approximate surface area is 112 Å². The van der Waals surface area contributed by atoms with Crippen LogP contribution in [0.25, 0.3) is 10.9 Å². The van der Waals surface area contributed by atoms with Crippen LogP contribution in [0, 0.1) is 6.92 Å². The minimum absolute atomic E-state index is 0.168. The average Bonchev–Trinajstić information content (AvgIpc) is 2.75. The van der Waals surface area contributed by atoms with Gasteiger partial charge in [-0.1, -0.05) is 48.5 Å². The molecule has 0 radical (unpaired) electrons. The molecule has 2 heteroatoms. The zero-order chi connectivity index (χ0) is 13.2. The molecule has 1 heterocycles. The summed E-state index contributed by atoms with van der Waals surface area (Å²) in [5, 5.41) is 1.01. The van der Waals surface area contributed by atoms with E-state index in [4.69, 9.17) is 0 Å². The first-order valence-corrected chi connectivity index (χ1v) is 6.40. The van der Waals surface area contributed by atoms with Crippen LogP contribution in [-0.4, -0.2) is 10.8 Å². The van der Waals surface area contributed by atoms with Crippen molar-refractivity contribution in [1.29, 1.82) is 0 Å². The molecule has 0 aliphatic carbocycles. The predicted molar refractivity (Wildman–Crippen MR) is 77.5 cm³/mol. The van der Waals surface area contributed by atoms with Crippen molar-refractivity contribution in [3.8, 4) is 0 Å². The molecule has 0 spiro atoms. The van der Waals surface area contributed by atoms with Gasteiger partial charge >= 0.3 is 0 Å². The number of carbonyl (C=O) groups is 1. The standard InChI is InChI=1S/C17H15NO/c1-12-17(14-9-5-6-10-15(14)18-12)16(19)11-13-7-3-2-4-8-13/h2-10,18H,11H2,1H3. The van der Waals surface area contributed by atoms with E-state index < -0.39 is 0 Å². The van der Waals surface area contributed by atoms with Crippen LogP contribution in [0.4, 0.5) is 0 Å². The number of carbonyl (C=O) groups excluding carboxylic acids is 1. The van der Waals surface area contributed by atoms with Crippen molar-refractivity contribution in [3.05, 3.63) is 71.4 Å². The monoisotopic (exact) mass is 249 g/mol. The minimum Gasteiger partial charge on any atom is -0.358 e. The van der Waals surface area contributed by atoms with Crippen molar-refractivity contribution in [2.75, 3.05) is 0 Å². The fourth-order valence-electron chi connectivity index (χ4n) is 2.51. The molecule has 0 fully saturated rings. The van der Waals surface area contributed by atoms with Gasteiger partial charge in [-0.25, -0.2) is 0 Å². The topological polar surface area (TPSA) is 32.9 Å². The lowest BCUT2D eigenvalue weighted by Gasteiger charge is -2.01. The van der Waals surface area contributed by atoms with E-state index in [1.165, 1.54) is 0 Å². The minimum atomic E-state index is 0.168. The van der Waals surface area contributed by atoms with Crippen molar-refractivity contribution in [1.82, 2.24) is 4.98 Å². The third-order valence-corrected chi connectivity index (χ3v) is 3.38. The number of aromatic amines is 1. The van der Waals surface area contributed by atoms with E-state index in [2.05, 4.69) is 4.98 Å². The average molecular weight is 249 g/mol. The number of para-hydroxylation sites is 1. The van der Waals surface area contributed by atoms with Crippen molar-refractivity contribution in [2.24, 2.45) is 0 Å². The summed E-state index contributed by atoms with van der Waals surface area (Å²) in [6.07, 6.45) is 0.448. The number of rotatable bonds is 3. The van der Waals surface area contributed by atoms with Gasteiger partial charge in [-0.15, -0.1) is 0 Å². The molecule has 0 saturated carbocycles. The van der Waals surface area contributed by atoms with Gasteiger partial charge < -0.3 is 4.98 Å². The lowest BCUT2D eigenvalue weighted by molar-refractivity contribution is 0.0994. The second-order valence-electron chi connectivity index (χ2n) is 4.76. The van der Waals surface area contributed by atoms with Gasteiger partial charge in [0.15, 0.2) is 5.78 Å². The van der Waals surface area contributed by atoms with Crippen LogP contribution < -0.4 is 0 Å². The first kappa shape index (κ1) is 11.7. The molecule has 2 nitrogen and oxygen atoms in total. The van der Waals surface area contributed by atoms with Crippen LogP contribution in [0.3, 0.4) is 0 Å². The number of ketones is 1. The summed E-state index contributed by atoms with van der Waals surface area (Å²) in [7, 11) is 0. The van der Waals surface area contributed by atoms with E-state index in [0.717, 1.165) is 27.7 Å². The maximum absolute atomic E-state index is 12.5. The molecule has 2 aromatic carbocycles. The zero-order valence-electron chi connectivity index (χ0n) is 10.8. The van der Waals surface area contributed by atoms with E-state index in [1.807, 2.05) is 61.5 Å². The molecule has 0 saturated heterocycles. The molecule has 0 bridgehead atoms. The van der Waals surface area contributed by atoms with Gasteiger partial charge in [-0.05, 0) is 18.6 Å². The first-order chi connectivity index (χ1) is 9.25. The van der Waals surface area contributed by atoms with Crippen molar-refractivity contribution in [3.63, 3.8) is 0 Å². The molecule has 0 unspecified atom stereocenters. The van der Waals surface area contributed by atoms with Crippen LogP contribution in [0.2, 0.25) is 0 Å². The summed E-state index contributed by atoms with van der Waals surface area (Å²) < 4.78 is 0.